The van der Waals surface area contributed by atoms with Gasteiger partial charge in [0.15, 0.2) is 0 Å². The van der Waals surface area contributed by atoms with Crippen molar-refractivity contribution in [1.82, 2.24) is 10.2 Å². The van der Waals surface area contributed by atoms with Crippen LogP contribution in [0.5, 0.6) is 0 Å². The van der Waals surface area contributed by atoms with E-state index in [0.717, 1.165) is 25.8 Å². The molecule has 0 saturated carbocycles. The first-order valence-corrected chi connectivity index (χ1v) is 7.57. The fourth-order valence-electron chi connectivity index (χ4n) is 2.51. The predicted octanol–water partition coefficient (Wildman–Crippen LogP) is 1.27. The van der Waals surface area contributed by atoms with Crippen LogP contribution in [0, 0.1) is 5.41 Å². The molecular weight excluding hydrogens is 254 g/mol. The maximum absolute atomic E-state index is 12.3. The molecule has 2 atom stereocenters. The second kappa shape index (κ2) is 7.07. The van der Waals surface area contributed by atoms with E-state index < -0.39 is 5.41 Å². The van der Waals surface area contributed by atoms with Gasteiger partial charge in [-0.25, -0.2) is 0 Å². The van der Waals surface area contributed by atoms with Crippen LogP contribution in [-0.2, 0) is 9.59 Å². The molecule has 20 heavy (non-hydrogen) atoms. The summed E-state index contributed by atoms with van der Waals surface area (Å²) in [6.07, 6.45) is 3.52. The molecule has 1 heterocycles. The Kier molecular flexibility index (Phi) is 5.99. The summed E-state index contributed by atoms with van der Waals surface area (Å²) in [6, 6.07) is 0.151. The molecule has 1 fully saturated rings. The summed E-state index contributed by atoms with van der Waals surface area (Å²) in [6.45, 7) is 8.73. The summed E-state index contributed by atoms with van der Waals surface area (Å²) in [5.74, 6) is 0.0777. The van der Waals surface area contributed by atoms with Crippen molar-refractivity contribution in [2.75, 3.05) is 13.1 Å². The molecule has 3 N–H and O–H groups in total. The van der Waals surface area contributed by atoms with Crippen LogP contribution >= 0.6 is 0 Å². The van der Waals surface area contributed by atoms with Gasteiger partial charge in [0.2, 0.25) is 11.8 Å². The van der Waals surface area contributed by atoms with E-state index in [0.29, 0.717) is 13.0 Å². The van der Waals surface area contributed by atoms with Crippen LogP contribution in [0.15, 0.2) is 0 Å². The molecule has 2 unspecified atom stereocenters. The number of amides is 2. The van der Waals surface area contributed by atoms with Crippen molar-refractivity contribution in [3.63, 3.8) is 0 Å². The van der Waals surface area contributed by atoms with Crippen molar-refractivity contribution in [3.8, 4) is 0 Å². The largest absolute Gasteiger partial charge is 0.355 e. The van der Waals surface area contributed by atoms with Gasteiger partial charge < -0.3 is 16.0 Å². The Balaban J connectivity index is 2.43. The van der Waals surface area contributed by atoms with Crippen molar-refractivity contribution in [1.29, 1.82) is 0 Å². The molecule has 0 aliphatic carbocycles. The predicted molar refractivity (Wildman–Crippen MR) is 80.1 cm³/mol. The van der Waals surface area contributed by atoms with Crippen LogP contribution in [0.3, 0.4) is 0 Å². The number of likely N-dealkylation sites (tertiary alicyclic amines) is 1. The van der Waals surface area contributed by atoms with E-state index in [1.807, 2.05) is 32.6 Å². The van der Waals surface area contributed by atoms with E-state index >= 15 is 0 Å². The smallest absolute Gasteiger partial charge is 0.225 e. The lowest BCUT2D eigenvalue weighted by Crippen LogP contribution is -2.52. The second-order valence-corrected chi connectivity index (χ2v) is 6.77. The molecule has 0 bridgehead atoms. The van der Waals surface area contributed by atoms with Crippen LogP contribution in [0.2, 0.25) is 0 Å². The zero-order valence-electron chi connectivity index (χ0n) is 13.2. The highest BCUT2D eigenvalue weighted by molar-refractivity contribution is 5.82. The summed E-state index contributed by atoms with van der Waals surface area (Å²) in [7, 11) is 0. The molecule has 5 heteroatoms. The van der Waals surface area contributed by atoms with Gasteiger partial charge in [-0.05, 0) is 26.2 Å². The number of carbonyl (C=O) groups excluding carboxylic acids is 2. The number of carbonyl (C=O) groups is 2. The molecule has 2 amide bonds. The first-order valence-electron chi connectivity index (χ1n) is 7.57. The maximum atomic E-state index is 12.3. The second-order valence-electron chi connectivity index (χ2n) is 6.77. The highest BCUT2D eigenvalue weighted by Crippen LogP contribution is 2.20. The first-order chi connectivity index (χ1) is 9.23. The highest BCUT2D eigenvalue weighted by Gasteiger charge is 2.29. The van der Waals surface area contributed by atoms with Gasteiger partial charge in [-0.15, -0.1) is 0 Å². The Hall–Kier alpha value is -1.10. The fourth-order valence-corrected chi connectivity index (χ4v) is 2.51. The Bertz CT molecular complexity index is 348. The van der Waals surface area contributed by atoms with E-state index in [4.69, 9.17) is 5.73 Å². The topological polar surface area (TPSA) is 75.4 Å². The summed E-state index contributed by atoms with van der Waals surface area (Å²) in [5.41, 5.74) is 5.55. The van der Waals surface area contributed by atoms with E-state index in [2.05, 4.69) is 5.32 Å². The number of hydrogen-bond donors (Lipinski definition) is 2. The molecule has 1 rings (SSSR count). The molecule has 1 aliphatic rings. The quantitative estimate of drug-likeness (QED) is 0.816. The van der Waals surface area contributed by atoms with Crippen molar-refractivity contribution in [2.24, 2.45) is 11.1 Å². The van der Waals surface area contributed by atoms with Gasteiger partial charge in [0.05, 0.1) is 0 Å². The molecular formula is C15H29N3O2. The number of nitrogens with two attached hydrogens (primary N) is 1. The Morgan fingerprint density at radius 3 is 2.55 bits per heavy atom. The molecule has 5 nitrogen and oxygen atoms in total. The fraction of sp³-hybridized carbons (Fsp3) is 0.867. The summed E-state index contributed by atoms with van der Waals surface area (Å²) < 4.78 is 0. The number of hydrogen-bond acceptors (Lipinski definition) is 3. The highest BCUT2D eigenvalue weighted by atomic mass is 16.2. The number of nitrogens with one attached hydrogen (secondary N) is 1. The molecule has 116 valence electrons. The maximum Gasteiger partial charge on any atom is 0.225 e. The van der Waals surface area contributed by atoms with Gasteiger partial charge in [0.25, 0.3) is 0 Å². The molecule has 0 aromatic carbocycles. The van der Waals surface area contributed by atoms with Gasteiger partial charge >= 0.3 is 0 Å². The number of nitrogens with zero attached hydrogens (tertiary/aromatic N) is 1. The summed E-state index contributed by atoms with van der Waals surface area (Å²) in [5, 5.41) is 2.82. The van der Waals surface area contributed by atoms with E-state index in [1.54, 1.807) is 0 Å². The Morgan fingerprint density at radius 1 is 1.35 bits per heavy atom. The van der Waals surface area contributed by atoms with Crippen LogP contribution in [-0.4, -0.2) is 41.9 Å². The lowest BCUT2D eigenvalue weighted by Gasteiger charge is -2.38. The minimum Gasteiger partial charge on any atom is -0.355 e. The van der Waals surface area contributed by atoms with Crippen molar-refractivity contribution >= 4 is 11.8 Å². The third-order valence-electron chi connectivity index (χ3n) is 3.78. The first kappa shape index (κ1) is 17.0. The average molecular weight is 283 g/mol. The zero-order chi connectivity index (χ0) is 15.3. The summed E-state index contributed by atoms with van der Waals surface area (Å²) >= 11 is 0. The monoisotopic (exact) mass is 283 g/mol. The summed E-state index contributed by atoms with van der Waals surface area (Å²) in [4.78, 5) is 25.9. The molecule has 1 aliphatic heterocycles. The van der Waals surface area contributed by atoms with Gasteiger partial charge in [-0.3, -0.25) is 9.59 Å². The van der Waals surface area contributed by atoms with E-state index in [-0.39, 0.29) is 23.9 Å². The Labute approximate surface area is 122 Å². The van der Waals surface area contributed by atoms with Crippen LogP contribution in [0.1, 0.15) is 53.4 Å². The van der Waals surface area contributed by atoms with Gasteiger partial charge in [0, 0.05) is 37.0 Å². The van der Waals surface area contributed by atoms with Gasteiger partial charge in [-0.1, -0.05) is 20.8 Å². The number of piperidine rings is 1. The SMILES string of the molecule is CC(N)C1CCCCN1C(=O)CCNC(=O)C(C)(C)C. The Morgan fingerprint density at radius 2 is 2.00 bits per heavy atom. The molecule has 0 spiro atoms. The van der Waals surface area contributed by atoms with Crippen molar-refractivity contribution in [2.45, 2.75) is 65.5 Å². The van der Waals surface area contributed by atoms with Gasteiger partial charge in [0.1, 0.15) is 0 Å². The zero-order valence-corrected chi connectivity index (χ0v) is 13.2. The third-order valence-corrected chi connectivity index (χ3v) is 3.78. The third kappa shape index (κ3) is 4.78. The number of rotatable bonds is 4. The van der Waals surface area contributed by atoms with Crippen LogP contribution < -0.4 is 11.1 Å². The minimum absolute atomic E-state index is 0.00316. The lowest BCUT2D eigenvalue weighted by atomic mass is 9.95. The molecule has 0 aromatic rings. The lowest BCUT2D eigenvalue weighted by molar-refractivity contribution is -0.135. The minimum atomic E-state index is -0.414. The van der Waals surface area contributed by atoms with Crippen LogP contribution in [0.25, 0.3) is 0 Å². The molecule has 1 saturated heterocycles. The van der Waals surface area contributed by atoms with Crippen molar-refractivity contribution < 1.29 is 9.59 Å². The van der Waals surface area contributed by atoms with Gasteiger partial charge in [-0.2, -0.15) is 0 Å². The van der Waals surface area contributed by atoms with E-state index in [9.17, 15) is 9.59 Å². The molecule has 0 radical (unpaired) electrons. The van der Waals surface area contributed by atoms with E-state index in [1.165, 1.54) is 0 Å². The molecule has 0 aromatic heterocycles. The van der Waals surface area contributed by atoms with Crippen LogP contribution in [0.4, 0.5) is 0 Å². The van der Waals surface area contributed by atoms with Crippen molar-refractivity contribution in [3.05, 3.63) is 0 Å². The normalized spacial score (nSPS) is 21.4. The average Bonchev–Trinajstić information content (AvgIpc) is 2.37. The standard InChI is InChI=1S/C15H29N3O2/c1-11(16)12-7-5-6-10-18(12)13(19)8-9-17-14(20)15(2,3)4/h11-12H,5-10,16H2,1-4H3,(H,17,20).